The van der Waals surface area contributed by atoms with Crippen LogP contribution in [0.4, 0.5) is 9.18 Å². The number of aromatic nitrogens is 1. The van der Waals surface area contributed by atoms with Crippen LogP contribution in [-0.2, 0) is 17.9 Å². The molecule has 3 aromatic rings. The monoisotopic (exact) mass is 493 g/mol. The van der Waals surface area contributed by atoms with Crippen molar-refractivity contribution in [2.24, 2.45) is 0 Å². The number of carbonyl (C=O) groups excluding carboxylic acids is 2. The highest BCUT2D eigenvalue weighted by atomic mass is 32.2. The largest absolute Gasteiger partial charge is 0.491 e. The van der Waals surface area contributed by atoms with Crippen molar-refractivity contribution in [3.8, 4) is 5.75 Å². The van der Waals surface area contributed by atoms with Gasteiger partial charge in [0.25, 0.3) is 11.1 Å². The van der Waals surface area contributed by atoms with Crippen LogP contribution in [0.2, 0.25) is 0 Å². The summed E-state index contributed by atoms with van der Waals surface area (Å²) in [5.74, 6) is -0.174. The van der Waals surface area contributed by atoms with Crippen molar-refractivity contribution >= 4 is 29.0 Å². The lowest BCUT2D eigenvalue weighted by Crippen LogP contribution is -2.31. The van der Waals surface area contributed by atoms with Gasteiger partial charge in [0.15, 0.2) is 0 Å². The van der Waals surface area contributed by atoms with E-state index in [-0.39, 0.29) is 30.1 Å². The Bertz CT molecular complexity index is 1190. The first-order valence-electron chi connectivity index (χ1n) is 11.0. The Morgan fingerprint density at radius 1 is 1.09 bits per heavy atom. The summed E-state index contributed by atoms with van der Waals surface area (Å²) in [4.78, 5) is 30.5. The zero-order valence-electron chi connectivity index (χ0n) is 18.8. The molecule has 1 fully saturated rings. The van der Waals surface area contributed by atoms with Gasteiger partial charge in [-0.05, 0) is 64.9 Å². The fraction of sp³-hybridized carbons (Fsp3) is 0.192. The molecule has 9 heteroatoms. The van der Waals surface area contributed by atoms with E-state index in [1.807, 2.05) is 12.1 Å². The first-order valence-corrected chi connectivity index (χ1v) is 11.8. The van der Waals surface area contributed by atoms with Crippen LogP contribution in [0, 0.1) is 5.82 Å². The second kappa shape index (κ2) is 11.7. The van der Waals surface area contributed by atoms with E-state index < -0.39 is 6.10 Å². The SMILES string of the molecule is O=C1S/C(=C\c2ccc(OCC(O)CNCc3cccnc3)cc2)C(=O)N1Cc1ccc(F)cc1. The molecule has 0 bridgehead atoms. The first-order chi connectivity index (χ1) is 17.0. The maximum Gasteiger partial charge on any atom is 0.293 e. The van der Waals surface area contributed by atoms with E-state index in [1.165, 1.54) is 12.1 Å². The molecular formula is C26H24FN3O4S. The Hall–Kier alpha value is -3.53. The molecule has 1 aromatic heterocycles. The van der Waals surface area contributed by atoms with Gasteiger partial charge in [0.05, 0.1) is 11.4 Å². The van der Waals surface area contributed by atoms with Crippen molar-refractivity contribution in [3.05, 3.63) is 100 Å². The molecule has 2 aromatic carbocycles. The van der Waals surface area contributed by atoms with Crippen LogP contribution in [-0.4, -0.2) is 45.4 Å². The van der Waals surface area contributed by atoms with E-state index in [1.54, 1.807) is 54.9 Å². The van der Waals surface area contributed by atoms with Gasteiger partial charge < -0.3 is 15.2 Å². The summed E-state index contributed by atoms with van der Waals surface area (Å²) in [7, 11) is 0. The van der Waals surface area contributed by atoms with Crippen LogP contribution in [0.5, 0.6) is 5.75 Å². The van der Waals surface area contributed by atoms with E-state index in [2.05, 4.69) is 10.3 Å². The molecule has 35 heavy (non-hydrogen) atoms. The number of hydrogen-bond acceptors (Lipinski definition) is 7. The molecule has 0 aliphatic carbocycles. The Kier molecular flexibility index (Phi) is 8.25. The lowest BCUT2D eigenvalue weighted by atomic mass is 10.2. The molecule has 1 aliphatic heterocycles. The number of aliphatic hydroxyl groups excluding tert-OH is 1. The van der Waals surface area contributed by atoms with Gasteiger partial charge in [-0.3, -0.25) is 19.5 Å². The highest BCUT2D eigenvalue weighted by Crippen LogP contribution is 2.33. The molecule has 1 atom stereocenters. The smallest absolute Gasteiger partial charge is 0.293 e. The first kappa shape index (κ1) is 24.6. The summed E-state index contributed by atoms with van der Waals surface area (Å²) in [6.45, 7) is 1.20. The summed E-state index contributed by atoms with van der Waals surface area (Å²) in [6.07, 6.45) is 4.45. The van der Waals surface area contributed by atoms with Gasteiger partial charge in [0, 0.05) is 25.5 Å². The van der Waals surface area contributed by atoms with E-state index >= 15 is 0 Å². The highest BCUT2D eigenvalue weighted by Gasteiger charge is 2.34. The van der Waals surface area contributed by atoms with E-state index in [0.29, 0.717) is 29.3 Å². The van der Waals surface area contributed by atoms with Gasteiger partial charge in [-0.15, -0.1) is 0 Å². The highest BCUT2D eigenvalue weighted by molar-refractivity contribution is 8.18. The van der Waals surface area contributed by atoms with Gasteiger partial charge in [0.2, 0.25) is 0 Å². The lowest BCUT2D eigenvalue weighted by molar-refractivity contribution is -0.123. The topological polar surface area (TPSA) is 91.8 Å². The third-order valence-electron chi connectivity index (χ3n) is 5.18. The lowest BCUT2D eigenvalue weighted by Gasteiger charge is -2.13. The Morgan fingerprint density at radius 2 is 1.86 bits per heavy atom. The number of nitrogens with zero attached hydrogens (tertiary/aromatic N) is 2. The maximum atomic E-state index is 13.1. The van der Waals surface area contributed by atoms with Crippen molar-refractivity contribution in [2.45, 2.75) is 19.2 Å². The summed E-state index contributed by atoms with van der Waals surface area (Å²) in [5, 5.41) is 12.9. The number of carbonyl (C=O) groups is 2. The third-order valence-corrected chi connectivity index (χ3v) is 6.09. The average Bonchev–Trinajstić information content (AvgIpc) is 3.13. The number of aliphatic hydroxyl groups is 1. The van der Waals surface area contributed by atoms with Crippen LogP contribution in [0.3, 0.4) is 0 Å². The normalized spacial score (nSPS) is 15.6. The molecule has 1 saturated heterocycles. The number of hydrogen-bond donors (Lipinski definition) is 2. The van der Waals surface area contributed by atoms with Crippen molar-refractivity contribution in [1.82, 2.24) is 15.2 Å². The molecule has 180 valence electrons. The van der Waals surface area contributed by atoms with Gasteiger partial charge in [-0.2, -0.15) is 0 Å². The second-order valence-electron chi connectivity index (χ2n) is 7.92. The molecular weight excluding hydrogens is 469 g/mol. The fourth-order valence-electron chi connectivity index (χ4n) is 3.36. The standard InChI is InChI=1S/C26H24FN3O4S/c27-21-7-3-19(4-8-21)16-30-25(32)24(35-26(30)33)12-18-5-9-23(10-6-18)34-17-22(31)15-29-14-20-2-1-11-28-13-20/h1-13,22,29,31H,14-17H2/b24-12-. The number of thioether (sulfide) groups is 1. The van der Waals surface area contributed by atoms with Crippen molar-refractivity contribution < 1.29 is 23.8 Å². The van der Waals surface area contributed by atoms with Crippen LogP contribution < -0.4 is 10.1 Å². The van der Waals surface area contributed by atoms with Crippen molar-refractivity contribution in [2.75, 3.05) is 13.2 Å². The summed E-state index contributed by atoms with van der Waals surface area (Å²) >= 11 is 0.873. The van der Waals surface area contributed by atoms with Gasteiger partial charge in [-0.1, -0.05) is 30.3 Å². The molecule has 2 amide bonds. The number of benzene rings is 2. The number of rotatable bonds is 10. The molecule has 4 rings (SSSR count). The van der Waals surface area contributed by atoms with Crippen molar-refractivity contribution in [1.29, 1.82) is 0 Å². The minimum Gasteiger partial charge on any atom is -0.491 e. The van der Waals surface area contributed by atoms with Crippen LogP contribution in [0.25, 0.3) is 6.08 Å². The molecule has 7 nitrogen and oxygen atoms in total. The fourth-order valence-corrected chi connectivity index (χ4v) is 4.20. The van der Waals surface area contributed by atoms with Gasteiger partial charge in [-0.25, -0.2) is 4.39 Å². The number of imide groups is 1. The second-order valence-corrected chi connectivity index (χ2v) is 8.91. The Balaban J connectivity index is 1.26. The number of amides is 2. The number of pyridine rings is 1. The predicted octanol–water partition coefficient (Wildman–Crippen LogP) is 3.99. The molecule has 1 unspecified atom stereocenters. The minimum atomic E-state index is -0.681. The molecule has 0 radical (unpaired) electrons. The number of ether oxygens (including phenoxy) is 1. The van der Waals surface area contributed by atoms with E-state index in [0.717, 1.165) is 27.8 Å². The average molecular weight is 494 g/mol. The van der Waals surface area contributed by atoms with Crippen molar-refractivity contribution in [3.63, 3.8) is 0 Å². The molecule has 0 saturated carbocycles. The van der Waals surface area contributed by atoms with Crippen LogP contribution >= 0.6 is 11.8 Å². The van der Waals surface area contributed by atoms with Crippen LogP contribution in [0.1, 0.15) is 16.7 Å². The Labute approximate surface area is 206 Å². The third kappa shape index (κ3) is 6.98. The van der Waals surface area contributed by atoms with Gasteiger partial charge in [0.1, 0.15) is 24.3 Å². The molecule has 2 N–H and O–H groups in total. The summed E-state index contributed by atoms with van der Waals surface area (Å²) in [5.41, 5.74) is 2.44. The molecule has 2 heterocycles. The number of nitrogens with one attached hydrogen (secondary N) is 1. The summed E-state index contributed by atoms with van der Waals surface area (Å²) < 4.78 is 18.7. The minimum absolute atomic E-state index is 0.0918. The Morgan fingerprint density at radius 3 is 2.57 bits per heavy atom. The van der Waals surface area contributed by atoms with Gasteiger partial charge >= 0.3 is 0 Å². The maximum absolute atomic E-state index is 13.1. The van der Waals surface area contributed by atoms with E-state index in [4.69, 9.17) is 4.74 Å². The quantitative estimate of drug-likeness (QED) is 0.413. The predicted molar refractivity (Wildman–Crippen MR) is 132 cm³/mol. The molecule has 0 spiro atoms. The zero-order valence-corrected chi connectivity index (χ0v) is 19.6. The summed E-state index contributed by atoms with van der Waals surface area (Å²) in [6, 6.07) is 16.5. The van der Waals surface area contributed by atoms with E-state index in [9.17, 15) is 19.1 Å². The zero-order chi connectivity index (χ0) is 24.6. The molecule has 1 aliphatic rings. The van der Waals surface area contributed by atoms with Crippen LogP contribution in [0.15, 0.2) is 78.0 Å². The number of halogens is 1.